The molecule has 39 heavy (non-hydrogen) atoms. The van der Waals surface area contributed by atoms with Gasteiger partial charge in [-0.05, 0) is 84.4 Å². The number of aliphatic imine (C=N–C) groups is 1. The summed E-state index contributed by atoms with van der Waals surface area (Å²) in [6.45, 7) is 2.68. The fourth-order valence-corrected chi connectivity index (χ4v) is 5.47. The summed E-state index contributed by atoms with van der Waals surface area (Å²) in [6, 6.07) is 30.6. The van der Waals surface area contributed by atoms with Gasteiger partial charge in [0.2, 0.25) is 0 Å². The maximum Gasteiger partial charge on any atom is 0.271 e. The number of thioether (sulfide) groups is 1. The number of anilines is 1. The molecule has 0 aliphatic carbocycles. The highest BCUT2D eigenvalue weighted by Crippen LogP contribution is 2.41. The van der Waals surface area contributed by atoms with Crippen LogP contribution in [0.25, 0.3) is 6.08 Å². The van der Waals surface area contributed by atoms with Crippen molar-refractivity contribution in [1.82, 2.24) is 0 Å². The van der Waals surface area contributed by atoms with Gasteiger partial charge in [0, 0.05) is 4.47 Å². The van der Waals surface area contributed by atoms with E-state index in [2.05, 4.69) is 15.9 Å². The molecule has 0 bridgehead atoms. The van der Waals surface area contributed by atoms with Gasteiger partial charge >= 0.3 is 0 Å². The van der Waals surface area contributed by atoms with E-state index in [1.54, 1.807) is 11.0 Å². The number of amides is 1. The summed E-state index contributed by atoms with van der Waals surface area (Å²) < 4.78 is 12.9. The van der Waals surface area contributed by atoms with Gasteiger partial charge in [0.15, 0.2) is 16.7 Å². The van der Waals surface area contributed by atoms with Crippen LogP contribution in [0.5, 0.6) is 11.5 Å². The lowest BCUT2D eigenvalue weighted by Gasteiger charge is -2.15. The van der Waals surface area contributed by atoms with E-state index in [4.69, 9.17) is 26.1 Å². The topological polar surface area (TPSA) is 51.1 Å². The van der Waals surface area contributed by atoms with Crippen molar-refractivity contribution >= 4 is 67.8 Å². The standard InChI is InChI=1S/C31H24BrClN2O3S/c1-2-37-27-18-22(17-26(33)29(27)38-20-21-13-15-23(32)16-14-21)19-28-30(36)35(25-11-7-4-8-12-25)31(39-28)34-24-9-5-3-6-10-24/h3-19H,2,20H2,1H3/b28-19+,34-31?. The molecule has 0 radical (unpaired) electrons. The van der Waals surface area contributed by atoms with Crippen molar-refractivity contribution in [2.75, 3.05) is 11.5 Å². The van der Waals surface area contributed by atoms with E-state index in [0.717, 1.165) is 27.0 Å². The number of para-hydroxylation sites is 2. The molecule has 1 heterocycles. The van der Waals surface area contributed by atoms with Gasteiger partial charge in [-0.3, -0.25) is 9.69 Å². The number of carbonyl (C=O) groups excluding carboxylic acids is 1. The summed E-state index contributed by atoms with van der Waals surface area (Å²) in [5.74, 6) is 0.819. The minimum absolute atomic E-state index is 0.162. The van der Waals surface area contributed by atoms with Crippen LogP contribution in [-0.2, 0) is 11.4 Å². The molecule has 0 aromatic heterocycles. The second-order valence-corrected chi connectivity index (χ2v) is 10.8. The first kappa shape index (κ1) is 27.1. The summed E-state index contributed by atoms with van der Waals surface area (Å²) >= 11 is 11.4. The van der Waals surface area contributed by atoms with E-state index < -0.39 is 0 Å². The predicted octanol–water partition coefficient (Wildman–Crippen LogP) is 8.89. The number of rotatable bonds is 8. The van der Waals surface area contributed by atoms with Gasteiger partial charge in [-0.1, -0.05) is 76.1 Å². The quantitative estimate of drug-likeness (QED) is 0.185. The third kappa shape index (κ3) is 6.56. The predicted molar refractivity (Wildman–Crippen MR) is 164 cm³/mol. The van der Waals surface area contributed by atoms with Crippen molar-refractivity contribution in [3.05, 3.63) is 123 Å². The number of ether oxygens (including phenoxy) is 2. The van der Waals surface area contributed by atoms with E-state index in [-0.39, 0.29) is 5.91 Å². The Morgan fingerprint density at radius 1 is 0.949 bits per heavy atom. The molecular weight excluding hydrogens is 596 g/mol. The van der Waals surface area contributed by atoms with Crippen LogP contribution in [0.4, 0.5) is 11.4 Å². The molecule has 4 aromatic carbocycles. The van der Waals surface area contributed by atoms with Gasteiger partial charge in [0.25, 0.3) is 5.91 Å². The van der Waals surface area contributed by atoms with Crippen molar-refractivity contribution in [2.45, 2.75) is 13.5 Å². The minimum atomic E-state index is -0.162. The Morgan fingerprint density at radius 2 is 1.64 bits per heavy atom. The summed E-state index contributed by atoms with van der Waals surface area (Å²) in [7, 11) is 0. The lowest BCUT2D eigenvalue weighted by atomic mass is 10.1. The number of benzene rings is 4. The summed E-state index contributed by atoms with van der Waals surface area (Å²) in [6.07, 6.45) is 1.81. The van der Waals surface area contributed by atoms with Gasteiger partial charge < -0.3 is 9.47 Å². The van der Waals surface area contributed by atoms with Crippen LogP contribution in [0.2, 0.25) is 5.02 Å². The molecule has 1 aliphatic rings. The maximum absolute atomic E-state index is 13.6. The number of amidine groups is 1. The van der Waals surface area contributed by atoms with E-state index in [9.17, 15) is 4.79 Å². The maximum atomic E-state index is 13.6. The molecule has 0 saturated carbocycles. The molecule has 196 valence electrons. The molecule has 5 rings (SSSR count). The van der Waals surface area contributed by atoms with Gasteiger partial charge in [-0.2, -0.15) is 0 Å². The van der Waals surface area contributed by atoms with Crippen LogP contribution in [0, 0.1) is 0 Å². The molecule has 0 spiro atoms. The average molecular weight is 620 g/mol. The van der Waals surface area contributed by atoms with Crippen LogP contribution >= 0.6 is 39.3 Å². The lowest BCUT2D eigenvalue weighted by Crippen LogP contribution is -2.28. The van der Waals surface area contributed by atoms with Gasteiger partial charge in [-0.15, -0.1) is 0 Å². The fraction of sp³-hybridized carbons (Fsp3) is 0.0968. The number of halogens is 2. The molecule has 4 aromatic rings. The highest BCUT2D eigenvalue weighted by atomic mass is 79.9. The zero-order chi connectivity index (χ0) is 27.2. The average Bonchev–Trinajstić information content (AvgIpc) is 3.24. The van der Waals surface area contributed by atoms with E-state index in [1.165, 1.54) is 11.8 Å². The van der Waals surface area contributed by atoms with Crippen LogP contribution < -0.4 is 14.4 Å². The highest BCUT2D eigenvalue weighted by molar-refractivity contribution is 9.10. The summed E-state index contributed by atoms with van der Waals surface area (Å²) in [5, 5.41) is 0.979. The number of hydrogen-bond donors (Lipinski definition) is 0. The van der Waals surface area contributed by atoms with Crippen molar-refractivity contribution in [3.63, 3.8) is 0 Å². The Morgan fingerprint density at radius 3 is 2.33 bits per heavy atom. The van der Waals surface area contributed by atoms with Crippen LogP contribution in [-0.4, -0.2) is 17.7 Å². The van der Waals surface area contributed by atoms with Crippen LogP contribution in [0.15, 0.2) is 111 Å². The number of hydrogen-bond acceptors (Lipinski definition) is 5. The molecule has 1 fully saturated rings. The Balaban J connectivity index is 1.47. The van der Waals surface area contributed by atoms with Crippen molar-refractivity contribution in [3.8, 4) is 11.5 Å². The molecule has 0 unspecified atom stereocenters. The lowest BCUT2D eigenvalue weighted by molar-refractivity contribution is -0.113. The van der Waals surface area contributed by atoms with E-state index in [0.29, 0.717) is 39.8 Å². The van der Waals surface area contributed by atoms with Crippen LogP contribution in [0.3, 0.4) is 0 Å². The fourth-order valence-electron chi connectivity index (χ4n) is 3.93. The first-order valence-corrected chi connectivity index (χ1v) is 14.3. The highest BCUT2D eigenvalue weighted by Gasteiger charge is 2.34. The Bertz CT molecular complexity index is 1530. The van der Waals surface area contributed by atoms with Crippen molar-refractivity contribution in [2.24, 2.45) is 4.99 Å². The smallest absolute Gasteiger partial charge is 0.271 e. The second-order valence-electron chi connectivity index (χ2n) is 8.49. The minimum Gasteiger partial charge on any atom is -0.490 e. The molecule has 0 N–H and O–H groups in total. The van der Waals surface area contributed by atoms with E-state index >= 15 is 0 Å². The second kappa shape index (κ2) is 12.6. The zero-order valence-electron chi connectivity index (χ0n) is 21.0. The SMILES string of the molecule is CCOc1cc(/C=C2/SC(=Nc3ccccc3)N(c3ccccc3)C2=O)cc(Cl)c1OCc1ccc(Br)cc1. The first-order valence-electron chi connectivity index (χ1n) is 12.3. The van der Waals surface area contributed by atoms with Crippen molar-refractivity contribution < 1.29 is 14.3 Å². The molecule has 1 aliphatic heterocycles. The molecular formula is C31H24BrClN2O3S. The largest absolute Gasteiger partial charge is 0.490 e. The molecule has 8 heteroatoms. The normalized spacial score (nSPS) is 15.3. The van der Waals surface area contributed by atoms with E-state index in [1.807, 2.05) is 104 Å². The summed E-state index contributed by atoms with van der Waals surface area (Å²) in [5.41, 5.74) is 3.24. The van der Waals surface area contributed by atoms with Gasteiger partial charge in [0.05, 0.1) is 27.9 Å². The first-order chi connectivity index (χ1) is 19.0. The van der Waals surface area contributed by atoms with Gasteiger partial charge in [0.1, 0.15) is 6.61 Å². The molecule has 5 nitrogen and oxygen atoms in total. The monoisotopic (exact) mass is 618 g/mol. The third-order valence-electron chi connectivity index (χ3n) is 5.73. The Kier molecular flexibility index (Phi) is 8.71. The zero-order valence-corrected chi connectivity index (χ0v) is 24.2. The molecule has 0 atom stereocenters. The number of nitrogens with zero attached hydrogens (tertiary/aromatic N) is 2. The molecule has 1 amide bonds. The van der Waals surface area contributed by atoms with Gasteiger partial charge in [-0.25, -0.2) is 4.99 Å². The van der Waals surface area contributed by atoms with Crippen molar-refractivity contribution in [1.29, 1.82) is 0 Å². The summed E-state index contributed by atoms with van der Waals surface area (Å²) in [4.78, 5) is 20.5. The molecule has 1 saturated heterocycles. The van der Waals surface area contributed by atoms with Crippen LogP contribution in [0.1, 0.15) is 18.1 Å². The number of carbonyl (C=O) groups is 1. The third-order valence-corrected chi connectivity index (χ3v) is 7.51. The Hall–Kier alpha value is -3.52. The Labute approximate surface area is 245 Å².